The van der Waals surface area contributed by atoms with E-state index in [2.05, 4.69) is 62.4 Å². The van der Waals surface area contributed by atoms with E-state index in [0.717, 1.165) is 41.3 Å². The third-order valence-electron chi connectivity index (χ3n) is 5.95. The maximum absolute atomic E-state index is 4.83. The Morgan fingerprint density at radius 1 is 1.16 bits per heavy atom. The summed E-state index contributed by atoms with van der Waals surface area (Å²) in [7, 11) is 1.93. The summed E-state index contributed by atoms with van der Waals surface area (Å²) in [5.41, 5.74) is 7.28. The first-order valence-electron chi connectivity index (χ1n) is 10.5. The van der Waals surface area contributed by atoms with Gasteiger partial charge in [0, 0.05) is 25.4 Å². The van der Waals surface area contributed by atoms with Gasteiger partial charge in [0.05, 0.1) is 40.7 Å². The van der Waals surface area contributed by atoms with Crippen molar-refractivity contribution in [3.63, 3.8) is 0 Å². The lowest BCUT2D eigenvalue weighted by Crippen LogP contribution is -2.06. The second kappa shape index (κ2) is 7.35. The molecule has 1 unspecified atom stereocenters. The third kappa shape index (κ3) is 3.41. The van der Waals surface area contributed by atoms with Crippen LogP contribution >= 0.6 is 11.3 Å². The minimum Gasteiger partial charge on any atom is -0.355 e. The van der Waals surface area contributed by atoms with E-state index >= 15 is 0 Å². The summed E-state index contributed by atoms with van der Waals surface area (Å²) in [5.74, 6) is 0. The lowest BCUT2D eigenvalue weighted by Gasteiger charge is -2.12. The lowest BCUT2D eigenvalue weighted by molar-refractivity contribution is 0.761. The smallest absolute Gasteiger partial charge is 0.184 e. The summed E-state index contributed by atoms with van der Waals surface area (Å²) in [4.78, 5) is 9.18. The van der Waals surface area contributed by atoms with E-state index in [1.165, 1.54) is 21.4 Å². The van der Waals surface area contributed by atoms with Crippen LogP contribution in [0.1, 0.15) is 29.2 Å². The van der Waals surface area contributed by atoms with Gasteiger partial charge in [-0.05, 0) is 41.7 Å². The van der Waals surface area contributed by atoms with Crippen molar-refractivity contribution in [3.05, 3.63) is 84.1 Å². The fourth-order valence-corrected chi connectivity index (χ4v) is 5.40. The minimum absolute atomic E-state index is 0.351. The molecule has 0 saturated carbocycles. The Labute approximate surface area is 184 Å². The zero-order chi connectivity index (χ0) is 20.8. The van der Waals surface area contributed by atoms with Gasteiger partial charge in [-0.2, -0.15) is 5.10 Å². The van der Waals surface area contributed by atoms with Crippen LogP contribution in [0.3, 0.4) is 0 Å². The quantitative estimate of drug-likeness (QED) is 0.428. The van der Waals surface area contributed by atoms with Gasteiger partial charge in [0.2, 0.25) is 0 Å². The molecule has 5 aromatic rings. The number of aryl methyl sites for hydroxylation is 2. The molecule has 2 aromatic carbocycles. The average molecular weight is 427 g/mol. The molecule has 3 heterocycles. The van der Waals surface area contributed by atoms with Crippen LogP contribution in [0.2, 0.25) is 0 Å². The van der Waals surface area contributed by atoms with Gasteiger partial charge >= 0.3 is 0 Å². The highest BCUT2D eigenvalue weighted by Crippen LogP contribution is 2.36. The highest BCUT2D eigenvalue weighted by atomic mass is 32.1. The van der Waals surface area contributed by atoms with Gasteiger partial charge in [-0.25, -0.2) is 9.97 Å². The van der Waals surface area contributed by atoms with Crippen LogP contribution in [0, 0.1) is 0 Å². The standard InChI is InChI=1S/C24H22N6S/c1-29-14-18(11-26-29)22-12-25-15-30(22)13-16-6-8-21-23(10-16)31-24(28-21)27-20-9-7-17-4-2-3-5-19(17)20/h2-6,8,10-12,14-15,20H,7,9,13H2,1H3,(H,27,28). The number of hydrogen-bond acceptors (Lipinski definition) is 5. The molecule has 0 fully saturated rings. The monoisotopic (exact) mass is 426 g/mol. The molecule has 0 amide bonds. The van der Waals surface area contributed by atoms with Crippen molar-refractivity contribution < 1.29 is 0 Å². The molecule has 1 aliphatic rings. The number of anilines is 1. The molecule has 6 rings (SSSR count). The van der Waals surface area contributed by atoms with Crippen molar-refractivity contribution in [3.8, 4) is 11.3 Å². The Kier molecular flexibility index (Phi) is 4.35. The van der Waals surface area contributed by atoms with Gasteiger partial charge in [-0.1, -0.05) is 41.7 Å². The summed E-state index contributed by atoms with van der Waals surface area (Å²) < 4.78 is 5.18. The Morgan fingerprint density at radius 3 is 3.00 bits per heavy atom. The van der Waals surface area contributed by atoms with Crippen LogP contribution in [0.15, 0.2) is 67.4 Å². The first-order valence-corrected chi connectivity index (χ1v) is 11.3. The Bertz CT molecular complexity index is 1380. The predicted octanol–water partition coefficient (Wildman–Crippen LogP) is 5.04. The molecule has 1 N–H and O–H groups in total. The van der Waals surface area contributed by atoms with Crippen molar-refractivity contribution >= 4 is 26.7 Å². The molecule has 0 spiro atoms. The molecule has 0 radical (unpaired) electrons. The summed E-state index contributed by atoms with van der Waals surface area (Å²) in [5, 5.41) is 8.94. The maximum Gasteiger partial charge on any atom is 0.184 e. The zero-order valence-corrected chi connectivity index (χ0v) is 18.0. The Balaban J connectivity index is 1.24. The number of rotatable bonds is 5. The van der Waals surface area contributed by atoms with E-state index in [1.54, 1.807) is 11.3 Å². The van der Waals surface area contributed by atoms with Gasteiger partial charge in [0.1, 0.15) is 0 Å². The van der Waals surface area contributed by atoms with Crippen LogP contribution in [0.5, 0.6) is 0 Å². The number of nitrogens with one attached hydrogen (secondary N) is 1. The van der Waals surface area contributed by atoms with E-state index < -0.39 is 0 Å². The second-order valence-corrected chi connectivity index (χ2v) is 9.10. The zero-order valence-electron chi connectivity index (χ0n) is 17.2. The summed E-state index contributed by atoms with van der Waals surface area (Å²) in [6.07, 6.45) is 9.91. The summed E-state index contributed by atoms with van der Waals surface area (Å²) in [6.45, 7) is 0.761. The number of thiazole rings is 1. The fraction of sp³-hybridized carbons (Fsp3) is 0.208. The Hall–Kier alpha value is -3.45. The highest BCUT2D eigenvalue weighted by Gasteiger charge is 2.22. The van der Waals surface area contributed by atoms with Crippen molar-refractivity contribution in [1.29, 1.82) is 0 Å². The summed E-state index contributed by atoms with van der Waals surface area (Å²) in [6, 6.07) is 15.6. The number of benzene rings is 2. The molecule has 1 atom stereocenters. The van der Waals surface area contributed by atoms with Gasteiger partial charge in [0.25, 0.3) is 0 Å². The van der Waals surface area contributed by atoms with Crippen molar-refractivity contribution in [2.24, 2.45) is 7.05 Å². The molecular formula is C24H22N6S. The lowest BCUT2D eigenvalue weighted by atomic mass is 10.1. The van der Waals surface area contributed by atoms with Gasteiger partial charge in [-0.15, -0.1) is 0 Å². The van der Waals surface area contributed by atoms with Crippen molar-refractivity contribution in [2.75, 3.05) is 5.32 Å². The molecule has 1 aliphatic carbocycles. The molecule has 31 heavy (non-hydrogen) atoms. The SMILES string of the molecule is Cn1cc(-c2cncn2Cc2ccc3nc(NC4CCc5ccccc54)sc3c2)cn1. The van der Waals surface area contributed by atoms with Crippen LogP contribution in [-0.2, 0) is 20.0 Å². The molecule has 6 nitrogen and oxygen atoms in total. The number of aromatic nitrogens is 5. The topological polar surface area (TPSA) is 60.6 Å². The summed E-state index contributed by atoms with van der Waals surface area (Å²) >= 11 is 1.73. The van der Waals surface area contributed by atoms with Crippen LogP contribution in [0.4, 0.5) is 5.13 Å². The third-order valence-corrected chi connectivity index (χ3v) is 6.90. The van der Waals surface area contributed by atoms with E-state index in [4.69, 9.17) is 4.98 Å². The minimum atomic E-state index is 0.351. The molecule has 154 valence electrons. The largest absolute Gasteiger partial charge is 0.355 e. The molecule has 7 heteroatoms. The molecule has 0 aliphatic heterocycles. The van der Waals surface area contributed by atoms with E-state index in [1.807, 2.05) is 36.6 Å². The van der Waals surface area contributed by atoms with E-state index in [9.17, 15) is 0 Å². The molecule has 0 bridgehead atoms. The maximum atomic E-state index is 4.83. The van der Waals surface area contributed by atoms with Crippen LogP contribution in [-0.4, -0.2) is 24.3 Å². The van der Waals surface area contributed by atoms with E-state index in [0.29, 0.717) is 6.04 Å². The predicted molar refractivity (Wildman–Crippen MR) is 124 cm³/mol. The average Bonchev–Trinajstić information content (AvgIpc) is 3.55. The fourth-order valence-electron chi connectivity index (χ4n) is 4.42. The molecular weight excluding hydrogens is 404 g/mol. The van der Waals surface area contributed by atoms with E-state index in [-0.39, 0.29) is 0 Å². The first-order chi connectivity index (χ1) is 15.2. The van der Waals surface area contributed by atoms with Crippen LogP contribution < -0.4 is 5.32 Å². The second-order valence-electron chi connectivity index (χ2n) is 8.06. The number of hydrogen-bond donors (Lipinski definition) is 1. The van der Waals surface area contributed by atoms with Crippen molar-refractivity contribution in [1.82, 2.24) is 24.3 Å². The van der Waals surface area contributed by atoms with Gasteiger partial charge in [0.15, 0.2) is 5.13 Å². The molecule has 3 aromatic heterocycles. The molecule has 0 saturated heterocycles. The first kappa shape index (κ1) is 18.3. The number of fused-ring (bicyclic) bond motifs is 2. The van der Waals surface area contributed by atoms with Crippen molar-refractivity contribution in [2.45, 2.75) is 25.4 Å². The Morgan fingerprint density at radius 2 is 2.10 bits per heavy atom. The number of imidazole rings is 1. The van der Waals surface area contributed by atoms with Gasteiger partial charge < -0.3 is 9.88 Å². The normalized spacial score (nSPS) is 15.5. The number of nitrogens with zero attached hydrogens (tertiary/aromatic N) is 5. The van der Waals surface area contributed by atoms with Crippen LogP contribution in [0.25, 0.3) is 21.5 Å². The van der Waals surface area contributed by atoms with Gasteiger partial charge in [-0.3, -0.25) is 4.68 Å². The highest BCUT2D eigenvalue weighted by molar-refractivity contribution is 7.22.